The van der Waals surface area contributed by atoms with E-state index in [2.05, 4.69) is 0 Å². The van der Waals surface area contributed by atoms with E-state index >= 15 is 0 Å². The van der Waals surface area contributed by atoms with Gasteiger partial charge in [0.05, 0.1) is 11.3 Å². The molecular weight excluding hydrogens is 270 g/mol. The minimum absolute atomic E-state index is 0.0288. The summed E-state index contributed by atoms with van der Waals surface area (Å²) in [5, 5.41) is 9.19. The van der Waals surface area contributed by atoms with E-state index in [1.807, 2.05) is 11.8 Å². The first kappa shape index (κ1) is 16.3. The number of carboxylic acid groups (broad SMARTS) is 1. The van der Waals surface area contributed by atoms with Crippen LogP contribution in [0.15, 0.2) is 0 Å². The normalized spacial score (nSPS) is 28.6. The van der Waals surface area contributed by atoms with E-state index in [1.54, 1.807) is 7.11 Å². The van der Waals surface area contributed by atoms with Crippen LogP contribution >= 0.6 is 0 Å². The topological polar surface area (TPSA) is 66.8 Å². The third-order valence-electron chi connectivity index (χ3n) is 5.31. The Morgan fingerprint density at radius 2 is 2.00 bits per heavy atom. The lowest BCUT2D eigenvalue weighted by atomic mass is 9.79. The number of methoxy groups -OCH3 is 1. The van der Waals surface area contributed by atoms with Gasteiger partial charge in [0.2, 0.25) is 5.91 Å². The Bertz CT molecular complexity index is 390. The van der Waals surface area contributed by atoms with Crippen molar-refractivity contribution in [3.63, 3.8) is 0 Å². The second-order valence-corrected chi connectivity index (χ2v) is 6.69. The van der Waals surface area contributed by atoms with Gasteiger partial charge in [-0.1, -0.05) is 19.8 Å². The molecule has 2 unspecified atom stereocenters. The number of carboxylic acids is 1. The summed E-state index contributed by atoms with van der Waals surface area (Å²) in [5.41, 5.74) is -0.258. The number of ether oxygens (including phenoxy) is 1. The van der Waals surface area contributed by atoms with Crippen molar-refractivity contribution in [1.29, 1.82) is 0 Å². The molecule has 1 aliphatic heterocycles. The lowest BCUT2D eigenvalue weighted by Gasteiger charge is -2.40. The van der Waals surface area contributed by atoms with Crippen LogP contribution in [0.5, 0.6) is 0 Å². The highest BCUT2D eigenvalue weighted by Gasteiger charge is 2.45. The summed E-state index contributed by atoms with van der Waals surface area (Å²) >= 11 is 0. The van der Waals surface area contributed by atoms with Crippen molar-refractivity contribution in [3.8, 4) is 0 Å². The third kappa shape index (κ3) is 3.39. The van der Waals surface area contributed by atoms with Gasteiger partial charge in [0, 0.05) is 26.8 Å². The molecule has 1 saturated carbocycles. The van der Waals surface area contributed by atoms with E-state index in [4.69, 9.17) is 4.74 Å². The van der Waals surface area contributed by atoms with Crippen molar-refractivity contribution in [1.82, 2.24) is 4.90 Å². The van der Waals surface area contributed by atoms with Crippen LogP contribution in [0.4, 0.5) is 0 Å². The first-order chi connectivity index (χ1) is 10.00. The molecule has 2 rings (SSSR count). The van der Waals surface area contributed by atoms with Crippen LogP contribution in [0.2, 0.25) is 0 Å². The van der Waals surface area contributed by atoms with Crippen LogP contribution in [0.3, 0.4) is 0 Å². The molecule has 2 fully saturated rings. The molecule has 2 aliphatic rings. The number of carbonyl (C=O) groups is 2. The minimum atomic E-state index is -0.732. The Morgan fingerprint density at radius 1 is 1.33 bits per heavy atom. The monoisotopic (exact) mass is 297 g/mol. The third-order valence-corrected chi connectivity index (χ3v) is 5.31. The molecule has 1 saturated heterocycles. The number of hydrogen-bond acceptors (Lipinski definition) is 3. The number of likely N-dealkylation sites (tertiary alicyclic amines) is 1. The van der Waals surface area contributed by atoms with Crippen molar-refractivity contribution in [3.05, 3.63) is 0 Å². The van der Waals surface area contributed by atoms with Gasteiger partial charge in [0.15, 0.2) is 0 Å². The van der Waals surface area contributed by atoms with Gasteiger partial charge in [0.1, 0.15) is 0 Å². The fraction of sp³-hybridized carbons (Fsp3) is 0.875. The van der Waals surface area contributed by atoms with Gasteiger partial charge in [-0.15, -0.1) is 0 Å². The summed E-state index contributed by atoms with van der Waals surface area (Å²) in [7, 11) is 1.67. The highest BCUT2D eigenvalue weighted by Crippen LogP contribution is 2.43. The Morgan fingerprint density at radius 3 is 2.52 bits per heavy atom. The average molecular weight is 297 g/mol. The fourth-order valence-corrected chi connectivity index (χ4v) is 3.95. The lowest BCUT2D eigenvalue weighted by Crippen LogP contribution is -2.50. The predicted molar refractivity (Wildman–Crippen MR) is 78.9 cm³/mol. The second kappa shape index (κ2) is 6.77. The molecule has 0 aromatic rings. The van der Waals surface area contributed by atoms with E-state index in [-0.39, 0.29) is 23.2 Å². The molecule has 120 valence electrons. The first-order valence-electron chi connectivity index (χ1n) is 8.01. The Labute approximate surface area is 126 Å². The minimum Gasteiger partial charge on any atom is -0.481 e. The zero-order valence-electron chi connectivity index (χ0n) is 13.1. The van der Waals surface area contributed by atoms with Crippen LogP contribution in [0.1, 0.15) is 45.4 Å². The molecule has 1 amide bonds. The van der Waals surface area contributed by atoms with Gasteiger partial charge in [-0.05, 0) is 31.6 Å². The van der Waals surface area contributed by atoms with E-state index in [0.717, 1.165) is 32.1 Å². The van der Waals surface area contributed by atoms with Crippen molar-refractivity contribution in [2.75, 3.05) is 26.8 Å². The quantitative estimate of drug-likeness (QED) is 0.844. The van der Waals surface area contributed by atoms with Crippen molar-refractivity contribution < 1.29 is 19.4 Å². The van der Waals surface area contributed by atoms with Crippen molar-refractivity contribution >= 4 is 11.9 Å². The van der Waals surface area contributed by atoms with Crippen molar-refractivity contribution in [2.24, 2.45) is 17.3 Å². The number of hydrogen-bond donors (Lipinski definition) is 1. The van der Waals surface area contributed by atoms with Crippen LogP contribution in [-0.2, 0) is 14.3 Å². The number of aliphatic carboxylic acids is 1. The van der Waals surface area contributed by atoms with Crippen LogP contribution < -0.4 is 0 Å². The fourth-order valence-electron chi connectivity index (χ4n) is 3.95. The van der Waals surface area contributed by atoms with E-state index < -0.39 is 5.97 Å². The first-order valence-corrected chi connectivity index (χ1v) is 8.01. The summed E-state index contributed by atoms with van der Waals surface area (Å²) in [5.74, 6) is -0.786. The standard InChI is InChI=1S/C16H27NO4/c1-12-11-17(9-5-13(12)14(18)19)15(20)16(8-10-21-2)6-3-4-7-16/h12-13H,3-11H2,1-2H3,(H,18,19). The number of rotatable bonds is 5. The van der Waals surface area contributed by atoms with E-state index in [9.17, 15) is 14.7 Å². The molecule has 0 radical (unpaired) electrons. The molecule has 0 aromatic carbocycles. The molecule has 1 aliphatic carbocycles. The largest absolute Gasteiger partial charge is 0.481 e. The maximum Gasteiger partial charge on any atom is 0.306 e. The highest BCUT2D eigenvalue weighted by molar-refractivity contribution is 5.83. The van der Waals surface area contributed by atoms with Crippen LogP contribution in [-0.4, -0.2) is 48.7 Å². The maximum absolute atomic E-state index is 13.0. The number of nitrogens with zero attached hydrogens (tertiary/aromatic N) is 1. The van der Waals surface area contributed by atoms with Gasteiger partial charge in [-0.2, -0.15) is 0 Å². The van der Waals surface area contributed by atoms with Gasteiger partial charge in [0.25, 0.3) is 0 Å². The van der Waals surface area contributed by atoms with Gasteiger partial charge < -0.3 is 14.7 Å². The van der Waals surface area contributed by atoms with Gasteiger partial charge in [-0.25, -0.2) is 0 Å². The Kier molecular flexibility index (Phi) is 5.25. The highest BCUT2D eigenvalue weighted by atomic mass is 16.5. The van der Waals surface area contributed by atoms with Crippen LogP contribution in [0, 0.1) is 17.3 Å². The SMILES string of the molecule is COCCC1(C(=O)N2CCC(C(=O)O)C(C)C2)CCCC1. The van der Waals surface area contributed by atoms with Gasteiger partial charge >= 0.3 is 5.97 Å². The Hall–Kier alpha value is -1.10. The summed E-state index contributed by atoms with van der Waals surface area (Å²) < 4.78 is 5.19. The molecule has 5 nitrogen and oxygen atoms in total. The molecule has 0 bridgehead atoms. The van der Waals surface area contributed by atoms with Gasteiger partial charge in [-0.3, -0.25) is 9.59 Å². The molecular formula is C16H27NO4. The van der Waals surface area contributed by atoms with E-state index in [0.29, 0.717) is 26.1 Å². The summed E-state index contributed by atoms with van der Waals surface area (Å²) in [4.78, 5) is 26.1. The average Bonchev–Trinajstić information content (AvgIpc) is 2.93. The lowest BCUT2D eigenvalue weighted by molar-refractivity contribution is -0.152. The molecule has 1 N–H and O–H groups in total. The molecule has 5 heteroatoms. The van der Waals surface area contributed by atoms with E-state index in [1.165, 1.54) is 0 Å². The predicted octanol–water partition coefficient (Wildman–Crippen LogP) is 2.15. The molecule has 1 heterocycles. The number of amides is 1. The summed E-state index contributed by atoms with van der Waals surface area (Å²) in [6.45, 7) is 3.71. The molecule has 0 spiro atoms. The number of carbonyl (C=O) groups excluding carboxylic acids is 1. The number of piperidine rings is 1. The summed E-state index contributed by atoms with van der Waals surface area (Å²) in [6, 6.07) is 0. The molecule has 2 atom stereocenters. The smallest absolute Gasteiger partial charge is 0.306 e. The Balaban J connectivity index is 2.03. The maximum atomic E-state index is 13.0. The second-order valence-electron chi connectivity index (χ2n) is 6.69. The zero-order chi connectivity index (χ0) is 15.5. The molecule has 21 heavy (non-hydrogen) atoms. The zero-order valence-corrected chi connectivity index (χ0v) is 13.1. The summed E-state index contributed by atoms with van der Waals surface area (Å²) in [6.07, 6.45) is 5.47. The molecule has 0 aromatic heterocycles. The van der Waals surface area contributed by atoms with Crippen LogP contribution in [0.25, 0.3) is 0 Å². The van der Waals surface area contributed by atoms with Crippen molar-refractivity contribution in [2.45, 2.75) is 45.4 Å².